The van der Waals surface area contributed by atoms with Crippen molar-refractivity contribution in [2.24, 2.45) is 5.92 Å². The lowest BCUT2D eigenvalue weighted by Crippen LogP contribution is -2.21. The third-order valence-electron chi connectivity index (χ3n) is 5.71. The number of aromatic amines is 1. The van der Waals surface area contributed by atoms with Gasteiger partial charge in [0, 0.05) is 30.6 Å². The molecular formula is C21H27FN2O4S. The fourth-order valence-corrected chi connectivity index (χ4v) is 5.07. The summed E-state index contributed by atoms with van der Waals surface area (Å²) in [5.41, 5.74) is -0.136. The number of thioether (sulfide) groups is 1. The Morgan fingerprint density at radius 2 is 1.97 bits per heavy atom. The van der Waals surface area contributed by atoms with Crippen LogP contribution in [0.1, 0.15) is 44.3 Å². The van der Waals surface area contributed by atoms with Gasteiger partial charge in [-0.3, -0.25) is 4.79 Å². The van der Waals surface area contributed by atoms with Crippen LogP contribution in [0.15, 0.2) is 16.9 Å². The SMILES string of the molecule is O=c1[nH]c(CS[C@H]2CC[C@@H](O)CC2)nc2cc(OCC3CCOCC3)cc(F)c12. The number of H-pyrrole nitrogens is 1. The van der Waals surface area contributed by atoms with E-state index in [4.69, 9.17) is 9.47 Å². The van der Waals surface area contributed by atoms with Crippen LogP contribution in [0.5, 0.6) is 5.75 Å². The van der Waals surface area contributed by atoms with Crippen LogP contribution >= 0.6 is 11.8 Å². The molecule has 2 aliphatic rings. The quantitative estimate of drug-likeness (QED) is 0.742. The lowest BCUT2D eigenvalue weighted by molar-refractivity contribution is 0.0497. The number of benzene rings is 1. The van der Waals surface area contributed by atoms with Crippen LogP contribution < -0.4 is 10.3 Å². The van der Waals surface area contributed by atoms with Gasteiger partial charge in [0.1, 0.15) is 22.8 Å². The maximum absolute atomic E-state index is 14.5. The van der Waals surface area contributed by atoms with E-state index in [1.807, 2.05) is 0 Å². The van der Waals surface area contributed by atoms with E-state index in [0.29, 0.717) is 40.6 Å². The topological polar surface area (TPSA) is 84.4 Å². The monoisotopic (exact) mass is 422 g/mol. The molecule has 1 aromatic carbocycles. The van der Waals surface area contributed by atoms with Gasteiger partial charge in [-0.25, -0.2) is 9.37 Å². The highest BCUT2D eigenvalue weighted by Crippen LogP contribution is 2.30. The van der Waals surface area contributed by atoms with Gasteiger partial charge in [-0.05, 0) is 44.4 Å². The summed E-state index contributed by atoms with van der Waals surface area (Å²) in [7, 11) is 0. The maximum atomic E-state index is 14.5. The number of nitrogens with one attached hydrogen (secondary N) is 1. The molecule has 4 rings (SSSR count). The number of rotatable bonds is 6. The molecule has 29 heavy (non-hydrogen) atoms. The van der Waals surface area contributed by atoms with Crippen LogP contribution in [0.25, 0.3) is 10.9 Å². The zero-order valence-corrected chi connectivity index (χ0v) is 17.2. The molecule has 0 atom stereocenters. The lowest BCUT2D eigenvalue weighted by Gasteiger charge is -2.24. The zero-order chi connectivity index (χ0) is 20.2. The van der Waals surface area contributed by atoms with Gasteiger partial charge in [0.05, 0.1) is 24.0 Å². The summed E-state index contributed by atoms with van der Waals surface area (Å²) < 4.78 is 25.7. The van der Waals surface area contributed by atoms with Crippen LogP contribution in [0.2, 0.25) is 0 Å². The number of aliphatic hydroxyl groups excluding tert-OH is 1. The Labute approximate surface area is 173 Å². The Morgan fingerprint density at radius 3 is 2.72 bits per heavy atom. The summed E-state index contributed by atoms with van der Waals surface area (Å²) in [6, 6.07) is 2.92. The maximum Gasteiger partial charge on any atom is 0.261 e. The molecule has 1 aliphatic carbocycles. The van der Waals surface area contributed by atoms with Gasteiger partial charge in [-0.15, -0.1) is 0 Å². The molecule has 0 amide bonds. The predicted molar refractivity (Wildman–Crippen MR) is 111 cm³/mol. The van der Waals surface area contributed by atoms with Crippen molar-refractivity contribution in [1.29, 1.82) is 0 Å². The van der Waals surface area contributed by atoms with Crippen molar-refractivity contribution >= 4 is 22.7 Å². The fourth-order valence-electron chi connectivity index (χ4n) is 3.94. The van der Waals surface area contributed by atoms with Gasteiger partial charge < -0.3 is 19.6 Å². The molecular weight excluding hydrogens is 395 g/mol. The third-order valence-corrected chi connectivity index (χ3v) is 7.09. The molecule has 2 fully saturated rings. The summed E-state index contributed by atoms with van der Waals surface area (Å²) in [6.45, 7) is 1.98. The molecule has 1 saturated heterocycles. The molecule has 0 unspecified atom stereocenters. The molecule has 1 saturated carbocycles. The number of fused-ring (bicyclic) bond motifs is 1. The largest absolute Gasteiger partial charge is 0.493 e. The highest BCUT2D eigenvalue weighted by atomic mass is 32.2. The minimum Gasteiger partial charge on any atom is -0.493 e. The van der Waals surface area contributed by atoms with Crippen LogP contribution in [0, 0.1) is 11.7 Å². The first-order valence-corrected chi connectivity index (χ1v) is 11.4. The minimum atomic E-state index is -0.612. The smallest absolute Gasteiger partial charge is 0.261 e. The summed E-state index contributed by atoms with van der Waals surface area (Å²) in [5, 5.41) is 10.0. The van der Waals surface area contributed by atoms with Gasteiger partial charge in [-0.2, -0.15) is 11.8 Å². The number of nitrogens with zero attached hydrogens (tertiary/aromatic N) is 1. The second-order valence-electron chi connectivity index (χ2n) is 7.92. The van der Waals surface area contributed by atoms with E-state index in [1.165, 1.54) is 6.07 Å². The van der Waals surface area contributed by atoms with Crippen molar-refractivity contribution in [2.45, 2.75) is 55.6 Å². The summed E-state index contributed by atoms with van der Waals surface area (Å²) in [4.78, 5) is 19.6. The first-order chi connectivity index (χ1) is 14.1. The minimum absolute atomic E-state index is 0.0297. The predicted octanol–water partition coefficient (Wildman–Crippen LogP) is 3.40. The van der Waals surface area contributed by atoms with Crippen molar-refractivity contribution in [3.8, 4) is 5.75 Å². The van der Waals surface area contributed by atoms with E-state index in [9.17, 15) is 14.3 Å². The van der Waals surface area contributed by atoms with Gasteiger partial charge in [-0.1, -0.05) is 0 Å². The van der Waals surface area contributed by atoms with E-state index in [2.05, 4.69) is 9.97 Å². The number of hydrogen-bond donors (Lipinski definition) is 2. The van der Waals surface area contributed by atoms with Crippen molar-refractivity contribution in [3.63, 3.8) is 0 Å². The van der Waals surface area contributed by atoms with Crippen LogP contribution in [-0.2, 0) is 10.5 Å². The molecule has 2 heterocycles. The summed E-state index contributed by atoms with van der Waals surface area (Å²) in [5.74, 6) is 1.29. The molecule has 1 aromatic heterocycles. The number of ether oxygens (including phenoxy) is 2. The van der Waals surface area contributed by atoms with E-state index >= 15 is 0 Å². The van der Waals surface area contributed by atoms with Gasteiger partial charge in [0.25, 0.3) is 5.56 Å². The zero-order valence-electron chi connectivity index (χ0n) is 16.4. The number of aliphatic hydroxyl groups is 1. The molecule has 2 aromatic rings. The van der Waals surface area contributed by atoms with Crippen molar-refractivity contribution in [2.75, 3.05) is 19.8 Å². The molecule has 0 radical (unpaired) electrons. The highest BCUT2D eigenvalue weighted by molar-refractivity contribution is 7.99. The van der Waals surface area contributed by atoms with E-state index in [-0.39, 0.29) is 11.5 Å². The molecule has 158 valence electrons. The fraction of sp³-hybridized carbons (Fsp3) is 0.619. The van der Waals surface area contributed by atoms with E-state index in [1.54, 1.807) is 17.8 Å². The van der Waals surface area contributed by atoms with E-state index in [0.717, 1.165) is 51.7 Å². The van der Waals surface area contributed by atoms with Crippen molar-refractivity contribution in [1.82, 2.24) is 9.97 Å². The lowest BCUT2D eigenvalue weighted by atomic mass is 9.97. The summed E-state index contributed by atoms with van der Waals surface area (Å²) in [6.07, 6.45) is 5.25. The molecule has 2 N–H and O–H groups in total. The van der Waals surface area contributed by atoms with Crippen molar-refractivity contribution < 1.29 is 19.0 Å². The average molecular weight is 423 g/mol. The van der Waals surface area contributed by atoms with Crippen LogP contribution in [0.4, 0.5) is 4.39 Å². The molecule has 0 spiro atoms. The Hall–Kier alpha value is -1.64. The van der Waals surface area contributed by atoms with Gasteiger partial charge in [0.2, 0.25) is 0 Å². The number of hydrogen-bond acceptors (Lipinski definition) is 6. The molecule has 8 heteroatoms. The second kappa shape index (κ2) is 9.45. The highest BCUT2D eigenvalue weighted by Gasteiger charge is 2.20. The van der Waals surface area contributed by atoms with Gasteiger partial charge >= 0.3 is 0 Å². The Kier molecular flexibility index (Phi) is 6.72. The van der Waals surface area contributed by atoms with Crippen LogP contribution in [0.3, 0.4) is 0 Å². The number of aromatic nitrogens is 2. The van der Waals surface area contributed by atoms with Gasteiger partial charge in [0.15, 0.2) is 0 Å². The normalized spacial score (nSPS) is 23.4. The first kappa shape index (κ1) is 20.6. The molecule has 6 nitrogen and oxygen atoms in total. The number of halogens is 1. The third kappa shape index (κ3) is 5.29. The Morgan fingerprint density at radius 1 is 1.21 bits per heavy atom. The first-order valence-electron chi connectivity index (χ1n) is 10.3. The second-order valence-corrected chi connectivity index (χ2v) is 9.21. The molecule has 1 aliphatic heterocycles. The molecule has 0 bridgehead atoms. The van der Waals surface area contributed by atoms with Crippen LogP contribution in [-0.4, -0.2) is 46.2 Å². The average Bonchev–Trinajstić information content (AvgIpc) is 2.72. The Balaban J connectivity index is 1.46. The standard InChI is InChI=1S/C21H27FN2O4S/c22-17-9-15(28-11-13-5-7-27-8-6-13)10-18-20(17)21(26)24-19(23-18)12-29-16-3-1-14(25)2-4-16/h9-10,13-14,16,25H,1-8,11-12H2,(H,23,24,26)/t14-,16+. The van der Waals surface area contributed by atoms with E-state index < -0.39 is 11.4 Å². The Bertz CT molecular complexity index is 892. The summed E-state index contributed by atoms with van der Waals surface area (Å²) >= 11 is 1.73. The van der Waals surface area contributed by atoms with Crippen molar-refractivity contribution in [3.05, 3.63) is 34.1 Å².